The molecule has 1 heterocycles. The molecule has 0 unspecified atom stereocenters. The fraction of sp³-hybridized carbons (Fsp3) is 0.311. The summed E-state index contributed by atoms with van der Waals surface area (Å²) >= 11 is 0. The van der Waals surface area contributed by atoms with Gasteiger partial charge in [-0.1, -0.05) is 166 Å². The second kappa shape index (κ2) is 23.0. The monoisotopic (exact) mass is 704 g/mol. The summed E-state index contributed by atoms with van der Waals surface area (Å²) in [6.07, 6.45) is -1.23. The second-order valence-corrected chi connectivity index (χ2v) is 12.2. The fourth-order valence-corrected chi connectivity index (χ4v) is 5.90. The van der Waals surface area contributed by atoms with E-state index < -0.39 is 24.3 Å². The maximum atomic E-state index is 9.00. The van der Waals surface area contributed by atoms with Crippen LogP contribution in [0.5, 0.6) is 0 Å². The van der Waals surface area contributed by atoms with Crippen LogP contribution in [0, 0.1) is 0 Å². The van der Waals surface area contributed by atoms with Crippen LogP contribution in [-0.4, -0.2) is 48.2 Å². The number of carbonyl (C=O) groups is 1. The largest absolute Gasteiger partial charge is 0.481 e. The highest BCUT2D eigenvalue weighted by Crippen LogP contribution is 2.32. The summed E-state index contributed by atoms with van der Waals surface area (Å²) in [4.78, 5) is 9.00. The van der Waals surface area contributed by atoms with Crippen LogP contribution >= 0.6 is 0 Å². The van der Waals surface area contributed by atoms with Gasteiger partial charge in [-0.3, -0.25) is 4.79 Å². The van der Waals surface area contributed by atoms with E-state index in [0.29, 0.717) is 39.5 Å². The second-order valence-electron chi connectivity index (χ2n) is 12.2. The lowest BCUT2D eigenvalue weighted by Crippen LogP contribution is -2.61. The Morgan fingerprint density at radius 2 is 0.808 bits per heavy atom. The molecule has 1 N–H and O–H groups in total. The lowest BCUT2D eigenvalue weighted by molar-refractivity contribution is -0.272. The van der Waals surface area contributed by atoms with Gasteiger partial charge >= 0.3 is 0 Å². The molecule has 0 spiro atoms. The van der Waals surface area contributed by atoms with Crippen molar-refractivity contribution < 1.29 is 33.6 Å². The third kappa shape index (κ3) is 13.8. The normalized spacial score (nSPS) is 19.3. The molecule has 0 aliphatic carbocycles. The lowest BCUT2D eigenvalue weighted by Gasteiger charge is -2.46. The van der Waals surface area contributed by atoms with Crippen LogP contribution in [0.2, 0.25) is 0 Å². The molecule has 52 heavy (non-hydrogen) atoms. The van der Waals surface area contributed by atoms with E-state index in [0.717, 1.165) is 29.2 Å². The van der Waals surface area contributed by atoms with Gasteiger partial charge in [0.05, 0.1) is 39.1 Å². The van der Waals surface area contributed by atoms with Crippen molar-refractivity contribution in [3.05, 3.63) is 179 Å². The van der Waals surface area contributed by atoms with Crippen molar-refractivity contribution in [2.45, 2.75) is 84.1 Å². The number of rotatable bonds is 15. The van der Waals surface area contributed by atoms with Crippen molar-refractivity contribution in [3.63, 3.8) is 0 Å². The van der Waals surface area contributed by atoms with Gasteiger partial charge in [0, 0.05) is 13.3 Å². The zero-order chi connectivity index (χ0) is 36.8. The van der Waals surface area contributed by atoms with Crippen LogP contribution in [0.1, 0.15) is 48.6 Å². The minimum atomic E-state index is -0.833. The van der Waals surface area contributed by atoms with Crippen LogP contribution in [0.4, 0.5) is 0 Å². The van der Waals surface area contributed by atoms with E-state index in [4.69, 9.17) is 33.6 Å². The Balaban J connectivity index is 0.000000944. The molecular weight excluding hydrogens is 652 g/mol. The zero-order valence-corrected chi connectivity index (χ0v) is 30.5. The summed E-state index contributed by atoms with van der Waals surface area (Å²) in [5, 5.41) is 7.42. The molecule has 0 saturated carbocycles. The van der Waals surface area contributed by atoms with Gasteiger partial charge in [-0.15, -0.1) is 0 Å². The molecule has 6 rings (SSSR count). The van der Waals surface area contributed by atoms with E-state index in [2.05, 4.69) is 72.8 Å². The molecule has 1 saturated heterocycles. The first-order valence-corrected chi connectivity index (χ1v) is 18.0. The highest BCUT2D eigenvalue weighted by molar-refractivity contribution is 5.63. The minimum absolute atomic E-state index is 0.284. The standard InChI is InChI=1S/C41H42O5.C2H4O2.C2H6/c1-6-16-32(17-7-1)26-37-39(43-28-34-20-10-3-11-21-34)41(45-30-36-24-14-5-15-25-36)40(44-29-35-22-12-4-13-23-35)38(46-37)31-42-27-33-18-8-2-9-19-33;1-2(3)4;1-2/h1-25,37-41H,26-31H2;1H3,(H,3,4);1-2H3/t37-,38+,39-,40+,41+;;/m0../s1. The van der Waals surface area contributed by atoms with Crippen molar-refractivity contribution in [2.24, 2.45) is 0 Å². The molecule has 1 aliphatic heterocycles. The number of ether oxygens (including phenoxy) is 5. The number of benzene rings is 5. The van der Waals surface area contributed by atoms with Gasteiger partial charge in [-0.05, 0) is 27.8 Å². The van der Waals surface area contributed by atoms with E-state index in [1.54, 1.807) is 0 Å². The van der Waals surface area contributed by atoms with Crippen molar-refractivity contribution in [1.82, 2.24) is 0 Å². The molecule has 1 fully saturated rings. The summed E-state index contributed by atoms with van der Waals surface area (Å²) in [5.41, 5.74) is 5.56. The summed E-state index contributed by atoms with van der Waals surface area (Å²) in [5.74, 6) is -0.833. The number of hydrogen-bond acceptors (Lipinski definition) is 6. The van der Waals surface area contributed by atoms with Gasteiger partial charge in [0.15, 0.2) is 0 Å². The number of carboxylic acid groups (broad SMARTS) is 1. The van der Waals surface area contributed by atoms with E-state index in [9.17, 15) is 0 Å². The predicted molar refractivity (Wildman–Crippen MR) is 205 cm³/mol. The number of aliphatic carboxylic acids is 1. The van der Waals surface area contributed by atoms with Gasteiger partial charge in [0.1, 0.15) is 24.4 Å². The first-order valence-electron chi connectivity index (χ1n) is 18.0. The average molecular weight is 705 g/mol. The van der Waals surface area contributed by atoms with Crippen LogP contribution in [0.15, 0.2) is 152 Å². The molecule has 0 bridgehead atoms. The topological polar surface area (TPSA) is 83.5 Å². The Morgan fingerprint density at radius 3 is 1.19 bits per heavy atom. The van der Waals surface area contributed by atoms with Crippen molar-refractivity contribution in [2.75, 3.05) is 6.61 Å². The van der Waals surface area contributed by atoms with Crippen LogP contribution < -0.4 is 0 Å². The fourth-order valence-electron chi connectivity index (χ4n) is 5.90. The summed E-state index contributed by atoms with van der Waals surface area (Å²) in [6.45, 7) is 7.21. The minimum Gasteiger partial charge on any atom is -0.481 e. The Labute approximate surface area is 309 Å². The van der Waals surface area contributed by atoms with Crippen LogP contribution in [-0.2, 0) is 61.3 Å². The molecule has 5 atom stereocenters. The lowest BCUT2D eigenvalue weighted by atomic mass is 9.90. The molecule has 0 amide bonds. The smallest absolute Gasteiger partial charge is 0.300 e. The Morgan fingerprint density at radius 1 is 0.500 bits per heavy atom. The maximum absolute atomic E-state index is 9.00. The van der Waals surface area contributed by atoms with Gasteiger partial charge in [-0.2, -0.15) is 0 Å². The highest BCUT2D eigenvalue weighted by atomic mass is 16.6. The molecule has 5 aromatic carbocycles. The maximum Gasteiger partial charge on any atom is 0.300 e. The molecular formula is C45H52O7. The first-order chi connectivity index (χ1) is 25.5. The quantitative estimate of drug-likeness (QED) is 0.116. The zero-order valence-electron chi connectivity index (χ0n) is 30.5. The summed E-state index contributed by atoms with van der Waals surface area (Å²) < 4.78 is 33.7. The first kappa shape index (κ1) is 40.1. The van der Waals surface area contributed by atoms with Gasteiger partial charge < -0.3 is 28.8 Å². The summed E-state index contributed by atoms with van der Waals surface area (Å²) in [7, 11) is 0. The highest BCUT2D eigenvalue weighted by Gasteiger charge is 2.48. The van der Waals surface area contributed by atoms with Crippen LogP contribution in [0.3, 0.4) is 0 Å². The van der Waals surface area contributed by atoms with Crippen molar-refractivity contribution >= 4 is 5.97 Å². The number of carboxylic acids is 1. The predicted octanol–water partition coefficient (Wildman–Crippen LogP) is 9.09. The third-order valence-corrected chi connectivity index (χ3v) is 8.26. The Bertz CT molecular complexity index is 1630. The van der Waals surface area contributed by atoms with Crippen molar-refractivity contribution in [3.8, 4) is 0 Å². The van der Waals surface area contributed by atoms with Crippen molar-refractivity contribution in [1.29, 1.82) is 0 Å². The van der Waals surface area contributed by atoms with E-state index in [-0.39, 0.29) is 12.2 Å². The molecule has 7 heteroatoms. The Hall–Kier alpha value is -4.63. The van der Waals surface area contributed by atoms with E-state index in [1.807, 2.05) is 92.7 Å². The summed E-state index contributed by atoms with van der Waals surface area (Å²) in [6, 6.07) is 51.4. The molecule has 0 aromatic heterocycles. The molecule has 7 nitrogen and oxygen atoms in total. The molecule has 0 radical (unpaired) electrons. The van der Waals surface area contributed by atoms with Gasteiger partial charge in [0.25, 0.3) is 5.97 Å². The Kier molecular flexibility index (Phi) is 17.8. The van der Waals surface area contributed by atoms with Gasteiger partial charge in [-0.25, -0.2) is 0 Å². The SMILES string of the molecule is CC.CC(=O)O.c1ccc(COC[C@H]2O[C@@H](Cc3ccccc3)[C@H](OCc3ccccc3)[C@@H](OCc3ccccc3)[C@@H]2OCc2ccccc2)cc1. The molecule has 274 valence electrons. The average Bonchev–Trinajstić information content (AvgIpc) is 3.19. The molecule has 1 aliphatic rings. The third-order valence-electron chi connectivity index (χ3n) is 8.26. The van der Waals surface area contributed by atoms with E-state index >= 15 is 0 Å². The number of hydrogen-bond donors (Lipinski definition) is 1. The van der Waals surface area contributed by atoms with E-state index in [1.165, 1.54) is 5.56 Å². The molecule has 5 aromatic rings. The van der Waals surface area contributed by atoms with Crippen LogP contribution in [0.25, 0.3) is 0 Å². The van der Waals surface area contributed by atoms with Gasteiger partial charge in [0.2, 0.25) is 0 Å².